The first-order valence-electron chi connectivity index (χ1n) is 5.26. The first kappa shape index (κ1) is 15.2. The van der Waals surface area contributed by atoms with Crippen LogP contribution in [0.5, 0.6) is 0 Å². The molecule has 0 bridgehead atoms. The zero-order valence-corrected chi connectivity index (χ0v) is 10.5. The lowest BCUT2D eigenvalue weighted by Crippen LogP contribution is -2.50. The number of halogens is 1. The maximum absolute atomic E-state index is 11.3. The van der Waals surface area contributed by atoms with E-state index in [1.165, 1.54) is 0 Å². The summed E-state index contributed by atoms with van der Waals surface area (Å²) < 4.78 is 0. The molecule has 4 N–H and O–H groups in total. The molecule has 0 heterocycles. The van der Waals surface area contributed by atoms with E-state index in [-0.39, 0.29) is 30.1 Å². The minimum absolute atomic E-state index is 0. The van der Waals surface area contributed by atoms with Crippen LogP contribution >= 0.6 is 12.4 Å². The highest BCUT2D eigenvalue weighted by molar-refractivity contribution is 5.85. The minimum Gasteiger partial charge on any atom is -0.354 e. The van der Waals surface area contributed by atoms with Gasteiger partial charge in [0.05, 0.1) is 5.54 Å². The van der Waals surface area contributed by atoms with Crippen LogP contribution in [0, 0.1) is 5.92 Å². The maximum atomic E-state index is 11.3. The van der Waals surface area contributed by atoms with Crippen molar-refractivity contribution < 1.29 is 9.59 Å². The highest BCUT2D eigenvalue weighted by atomic mass is 35.5. The zero-order chi connectivity index (χ0) is 11.5. The third kappa shape index (κ3) is 5.32. The van der Waals surface area contributed by atoms with Gasteiger partial charge in [-0.3, -0.25) is 9.59 Å². The summed E-state index contributed by atoms with van der Waals surface area (Å²) >= 11 is 0. The number of carbonyl (C=O) groups excluding carboxylic acids is 2. The molecule has 1 aliphatic carbocycles. The van der Waals surface area contributed by atoms with Crippen LogP contribution in [0.2, 0.25) is 0 Å². The van der Waals surface area contributed by atoms with E-state index in [0.717, 1.165) is 12.8 Å². The van der Waals surface area contributed by atoms with E-state index in [1.54, 1.807) is 13.8 Å². The highest BCUT2D eigenvalue weighted by Crippen LogP contribution is 2.28. The smallest absolute Gasteiger partial charge is 0.239 e. The maximum Gasteiger partial charge on any atom is 0.239 e. The molecule has 0 aromatic rings. The Labute approximate surface area is 102 Å². The molecule has 1 saturated carbocycles. The topological polar surface area (TPSA) is 84.2 Å². The van der Waals surface area contributed by atoms with Gasteiger partial charge in [0.25, 0.3) is 0 Å². The summed E-state index contributed by atoms with van der Waals surface area (Å²) in [6.07, 6.45) is 1.99. The summed E-state index contributed by atoms with van der Waals surface area (Å²) in [6.45, 7) is 4.19. The van der Waals surface area contributed by atoms with Crippen molar-refractivity contribution in [1.29, 1.82) is 0 Å². The van der Waals surface area contributed by atoms with Crippen LogP contribution in [0.25, 0.3) is 0 Å². The molecule has 0 saturated heterocycles. The Bertz CT molecular complexity index is 259. The van der Waals surface area contributed by atoms with Gasteiger partial charge in [0.15, 0.2) is 0 Å². The van der Waals surface area contributed by atoms with Gasteiger partial charge in [0.2, 0.25) is 11.8 Å². The Hall–Kier alpha value is -0.810. The molecule has 0 aliphatic heterocycles. The third-order valence-electron chi connectivity index (χ3n) is 2.24. The second-order valence-corrected chi connectivity index (χ2v) is 4.54. The molecule has 0 atom stereocenters. The molecule has 0 aromatic carbocycles. The Kier molecular flexibility index (Phi) is 5.75. The molecule has 1 fully saturated rings. The van der Waals surface area contributed by atoms with Crippen LogP contribution in [0.1, 0.15) is 26.7 Å². The number of hydrogen-bond donors (Lipinski definition) is 3. The van der Waals surface area contributed by atoms with Crippen LogP contribution in [0.3, 0.4) is 0 Å². The van der Waals surface area contributed by atoms with Crippen LogP contribution in [-0.2, 0) is 9.59 Å². The van der Waals surface area contributed by atoms with E-state index in [2.05, 4.69) is 10.6 Å². The molecule has 0 aromatic heterocycles. The Morgan fingerprint density at radius 1 is 1.25 bits per heavy atom. The normalized spacial score (nSPS) is 14.9. The average Bonchev–Trinajstić information content (AvgIpc) is 2.92. The lowest BCUT2D eigenvalue weighted by Gasteiger charge is -2.17. The quantitative estimate of drug-likeness (QED) is 0.590. The highest BCUT2D eigenvalue weighted by Gasteiger charge is 2.29. The van der Waals surface area contributed by atoms with E-state index < -0.39 is 5.54 Å². The van der Waals surface area contributed by atoms with E-state index in [4.69, 9.17) is 5.73 Å². The lowest BCUT2D eigenvalue weighted by atomic mass is 10.1. The summed E-state index contributed by atoms with van der Waals surface area (Å²) in [7, 11) is 0. The molecule has 5 nitrogen and oxygen atoms in total. The summed E-state index contributed by atoms with van der Waals surface area (Å²) in [6, 6.07) is 0. The van der Waals surface area contributed by atoms with E-state index in [1.807, 2.05) is 0 Å². The van der Waals surface area contributed by atoms with Crippen molar-refractivity contribution in [2.45, 2.75) is 32.2 Å². The molecular weight excluding hydrogens is 230 g/mol. The minimum atomic E-state index is -0.861. The van der Waals surface area contributed by atoms with Crippen molar-refractivity contribution >= 4 is 24.2 Å². The number of nitrogens with two attached hydrogens (primary N) is 1. The molecule has 6 heteroatoms. The fourth-order valence-corrected chi connectivity index (χ4v) is 1.08. The first-order valence-corrected chi connectivity index (χ1v) is 5.26. The van der Waals surface area contributed by atoms with Crippen LogP contribution in [-0.4, -0.2) is 30.4 Å². The summed E-state index contributed by atoms with van der Waals surface area (Å²) in [5.41, 5.74) is 4.72. The fraction of sp³-hybridized carbons (Fsp3) is 0.800. The standard InChI is InChI=1S/C10H19N3O2.ClH/c1-10(2,11)9(15)13-6-5-12-8(14)7-3-4-7;/h7H,3-6,11H2,1-2H3,(H,12,14)(H,13,15);1H. The van der Waals surface area contributed by atoms with E-state index in [0.29, 0.717) is 13.1 Å². The number of carbonyl (C=O) groups is 2. The van der Waals surface area contributed by atoms with Crippen molar-refractivity contribution in [3.63, 3.8) is 0 Å². The largest absolute Gasteiger partial charge is 0.354 e. The van der Waals surface area contributed by atoms with Crippen molar-refractivity contribution in [1.82, 2.24) is 10.6 Å². The van der Waals surface area contributed by atoms with Gasteiger partial charge in [0, 0.05) is 19.0 Å². The number of amides is 2. The number of hydrogen-bond acceptors (Lipinski definition) is 3. The fourth-order valence-electron chi connectivity index (χ4n) is 1.08. The third-order valence-corrected chi connectivity index (χ3v) is 2.24. The van der Waals surface area contributed by atoms with Gasteiger partial charge in [-0.1, -0.05) is 0 Å². The SMILES string of the molecule is CC(C)(N)C(=O)NCCNC(=O)C1CC1.Cl. The van der Waals surface area contributed by atoms with E-state index in [9.17, 15) is 9.59 Å². The lowest BCUT2D eigenvalue weighted by molar-refractivity contribution is -0.126. The van der Waals surface area contributed by atoms with Crippen molar-refractivity contribution in [2.24, 2.45) is 11.7 Å². The second kappa shape index (κ2) is 6.06. The number of rotatable bonds is 5. The molecule has 94 valence electrons. The molecule has 0 spiro atoms. The van der Waals surface area contributed by atoms with Gasteiger partial charge in [-0.2, -0.15) is 0 Å². The molecule has 2 amide bonds. The summed E-state index contributed by atoms with van der Waals surface area (Å²) in [5.74, 6) is 0.103. The van der Waals surface area contributed by atoms with Gasteiger partial charge < -0.3 is 16.4 Å². The first-order chi connectivity index (χ1) is 6.91. The van der Waals surface area contributed by atoms with Gasteiger partial charge >= 0.3 is 0 Å². The van der Waals surface area contributed by atoms with Gasteiger partial charge in [-0.25, -0.2) is 0 Å². The Morgan fingerprint density at radius 2 is 1.75 bits per heavy atom. The molecular formula is C10H20ClN3O2. The van der Waals surface area contributed by atoms with Crippen LogP contribution < -0.4 is 16.4 Å². The summed E-state index contributed by atoms with van der Waals surface area (Å²) in [5, 5.41) is 5.42. The molecule has 0 unspecified atom stereocenters. The Morgan fingerprint density at radius 3 is 2.19 bits per heavy atom. The predicted octanol–water partition coefficient (Wildman–Crippen LogP) is -0.212. The van der Waals surface area contributed by atoms with Gasteiger partial charge in [-0.05, 0) is 26.7 Å². The monoisotopic (exact) mass is 249 g/mol. The van der Waals surface area contributed by atoms with Crippen molar-refractivity contribution in [2.75, 3.05) is 13.1 Å². The zero-order valence-electron chi connectivity index (χ0n) is 9.71. The second-order valence-electron chi connectivity index (χ2n) is 4.54. The van der Waals surface area contributed by atoms with E-state index >= 15 is 0 Å². The van der Waals surface area contributed by atoms with Crippen LogP contribution in [0.15, 0.2) is 0 Å². The average molecular weight is 250 g/mol. The molecule has 1 aliphatic rings. The van der Waals surface area contributed by atoms with Crippen molar-refractivity contribution in [3.8, 4) is 0 Å². The predicted molar refractivity (Wildman–Crippen MR) is 64.3 cm³/mol. The van der Waals surface area contributed by atoms with Gasteiger partial charge in [-0.15, -0.1) is 12.4 Å². The molecule has 16 heavy (non-hydrogen) atoms. The van der Waals surface area contributed by atoms with Crippen molar-refractivity contribution in [3.05, 3.63) is 0 Å². The molecule has 0 radical (unpaired) electrons. The molecule has 1 rings (SSSR count). The van der Waals surface area contributed by atoms with Crippen LogP contribution in [0.4, 0.5) is 0 Å². The summed E-state index contributed by atoms with van der Waals surface area (Å²) in [4.78, 5) is 22.5. The van der Waals surface area contributed by atoms with Gasteiger partial charge in [0.1, 0.15) is 0 Å². The Balaban J connectivity index is 0.00000225. The number of nitrogens with one attached hydrogen (secondary N) is 2.